The van der Waals surface area contributed by atoms with E-state index in [9.17, 15) is 19.5 Å². The fraction of sp³-hybridized carbons (Fsp3) is 0.250. The predicted molar refractivity (Wildman–Crippen MR) is 128 cm³/mol. The summed E-state index contributed by atoms with van der Waals surface area (Å²) in [5.74, 6) is -1.92. The van der Waals surface area contributed by atoms with Crippen molar-refractivity contribution in [1.29, 1.82) is 0 Å². The maximum Gasteiger partial charge on any atom is 0.340 e. The van der Waals surface area contributed by atoms with Crippen LogP contribution in [0, 0.1) is 5.41 Å². The minimum absolute atomic E-state index is 0.290. The fourth-order valence-corrected chi connectivity index (χ4v) is 3.92. The molecule has 1 aliphatic heterocycles. The molecule has 0 aromatic heterocycles. The lowest BCUT2D eigenvalue weighted by Gasteiger charge is -2.32. The number of aliphatic hydroxyl groups is 1. The number of hydrogen-bond donors (Lipinski definition) is 1. The van der Waals surface area contributed by atoms with Gasteiger partial charge in [-0.15, -0.1) is 0 Å². The number of ether oxygens (including phenoxy) is 4. The van der Waals surface area contributed by atoms with Crippen molar-refractivity contribution < 1.29 is 38.4 Å². The number of rotatable bonds is 8. The van der Waals surface area contributed by atoms with Gasteiger partial charge in [-0.1, -0.05) is 54.6 Å². The average Bonchev–Trinajstić information content (AvgIpc) is 3.19. The van der Waals surface area contributed by atoms with Gasteiger partial charge in [0.2, 0.25) is 6.29 Å². The third-order valence-electron chi connectivity index (χ3n) is 6.02. The molecule has 36 heavy (non-hydrogen) atoms. The number of aliphatic hydroxyl groups excluding tert-OH is 1. The van der Waals surface area contributed by atoms with Gasteiger partial charge in [-0.05, 0) is 43.3 Å². The van der Waals surface area contributed by atoms with Crippen molar-refractivity contribution in [3.05, 3.63) is 108 Å². The van der Waals surface area contributed by atoms with Crippen LogP contribution in [0.3, 0.4) is 0 Å². The van der Waals surface area contributed by atoms with Gasteiger partial charge in [0.15, 0.2) is 0 Å². The van der Waals surface area contributed by atoms with E-state index < -0.39 is 48.4 Å². The van der Waals surface area contributed by atoms with Crippen molar-refractivity contribution in [1.82, 2.24) is 0 Å². The van der Waals surface area contributed by atoms with E-state index in [1.165, 1.54) is 0 Å². The van der Waals surface area contributed by atoms with Gasteiger partial charge < -0.3 is 24.1 Å². The Labute approximate surface area is 208 Å². The Kier molecular flexibility index (Phi) is 7.77. The Morgan fingerprint density at radius 3 is 1.67 bits per heavy atom. The summed E-state index contributed by atoms with van der Waals surface area (Å²) in [6.45, 7) is 0.753. The SMILES string of the molecule is C[C@]1(CO)C(OC(=O)c2ccccc2)O[C@H](COC(=O)c2ccccc2)[C@H]1OC(=O)c1ccccc1. The lowest BCUT2D eigenvalue weighted by molar-refractivity contribution is -0.152. The summed E-state index contributed by atoms with van der Waals surface area (Å²) in [7, 11) is 0. The molecule has 186 valence electrons. The normalized spacial score (nSPS) is 23.0. The summed E-state index contributed by atoms with van der Waals surface area (Å²) in [4.78, 5) is 38.1. The number of carbonyl (C=O) groups excluding carboxylic acids is 3. The van der Waals surface area contributed by atoms with Gasteiger partial charge in [-0.2, -0.15) is 0 Å². The summed E-state index contributed by atoms with van der Waals surface area (Å²) >= 11 is 0. The highest BCUT2D eigenvalue weighted by Gasteiger charge is 2.58. The van der Waals surface area contributed by atoms with E-state index in [1.807, 2.05) is 0 Å². The zero-order chi connectivity index (χ0) is 25.5. The lowest BCUT2D eigenvalue weighted by atomic mass is 9.84. The highest BCUT2D eigenvalue weighted by molar-refractivity contribution is 5.90. The van der Waals surface area contributed by atoms with Crippen LogP contribution in [-0.4, -0.2) is 54.7 Å². The third kappa shape index (κ3) is 5.45. The van der Waals surface area contributed by atoms with Gasteiger partial charge in [0.1, 0.15) is 18.8 Å². The van der Waals surface area contributed by atoms with Crippen LogP contribution in [0.15, 0.2) is 91.0 Å². The summed E-state index contributed by atoms with van der Waals surface area (Å²) < 4.78 is 22.7. The van der Waals surface area contributed by atoms with E-state index in [4.69, 9.17) is 18.9 Å². The number of hydrogen-bond acceptors (Lipinski definition) is 8. The standard InChI is InChI=1S/C28H26O8/c1-28(18-29)23(35-25(31)20-13-7-3-8-14-20)22(17-33-24(30)19-11-5-2-6-12-19)34-27(28)36-26(32)21-15-9-4-10-16-21/h2-16,22-23,27,29H,17-18H2,1H3/t22-,23-,27?,28-/m1/s1. The summed E-state index contributed by atoms with van der Waals surface area (Å²) in [6, 6.07) is 25.0. The van der Waals surface area contributed by atoms with Crippen LogP contribution >= 0.6 is 0 Å². The molecule has 8 nitrogen and oxygen atoms in total. The molecular weight excluding hydrogens is 464 g/mol. The van der Waals surface area contributed by atoms with E-state index in [-0.39, 0.29) is 12.2 Å². The second kappa shape index (κ2) is 11.2. The molecule has 0 spiro atoms. The molecule has 1 heterocycles. The van der Waals surface area contributed by atoms with E-state index in [2.05, 4.69) is 0 Å². The van der Waals surface area contributed by atoms with Gasteiger partial charge in [0, 0.05) is 0 Å². The Balaban J connectivity index is 1.56. The largest absolute Gasteiger partial charge is 0.459 e. The van der Waals surface area contributed by atoms with Crippen LogP contribution in [0.2, 0.25) is 0 Å². The molecule has 0 bridgehead atoms. The second-order valence-electron chi connectivity index (χ2n) is 8.60. The van der Waals surface area contributed by atoms with Crippen LogP contribution in [0.25, 0.3) is 0 Å². The summed E-state index contributed by atoms with van der Waals surface area (Å²) in [6.07, 6.45) is -3.37. The Hall–Kier alpha value is -4.01. The molecular formula is C28H26O8. The average molecular weight is 491 g/mol. The monoisotopic (exact) mass is 490 g/mol. The maximum absolute atomic E-state index is 12.9. The van der Waals surface area contributed by atoms with Gasteiger partial charge >= 0.3 is 17.9 Å². The Bertz CT molecular complexity index is 1180. The lowest BCUT2D eigenvalue weighted by Crippen LogP contribution is -2.46. The molecule has 3 aromatic rings. The van der Waals surface area contributed by atoms with Crippen LogP contribution in [0.5, 0.6) is 0 Å². The zero-order valence-corrected chi connectivity index (χ0v) is 19.6. The van der Waals surface area contributed by atoms with Crippen LogP contribution in [-0.2, 0) is 18.9 Å². The van der Waals surface area contributed by atoms with E-state index in [0.29, 0.717) is 11.1 Å². The Morgan fingerprint density at radius 1 is 0.750 bits per heavy atom. The van der Waals surface area contributed by atoms with Crippen molar-refractivity contribution in [3.8, 4) is 0 Å². The minimum Gasteiger partial charge on any atom is -0.459 e. The molecule has 4 atom stereocenters. The van der Waals surface area contributed by atoms with Crippen molar-refractivity contribution in [2.24, 2.45) is 5.41 Å². The molecule has 0 saturated carbocycles. The summed E-state index contributed by atoms with van der Waals surface area (Å²) in [5.41, 5.74) is -0.412. The molecule has 8 heteroatoms. The van der Waals surface area contributed by atoms with Crippen molar-refractivity contribution in [3.63, 3.8) is 0 Å². The van der Waals surface area contributed by atoms with E-state index in [0.717, 1.165) is 0 Å². The maximum atomic E-state index is 12.9. The fourth-order valence-electron chi connectivity index (χ4n) is 3.92. The molecule has 0 aliphatic carbocycles. The second-order valence-corrected chi connectivity index (χ2v) is 8.60. The molecule has 0 amide bonds. The van der Waals surface area contributed by atoms with Crippen LogP contribution in [0.4, 0.5) is 0 Å². The van der Waals surface area contributed by atoms with Gasteiger partial charge in [0.25, 0.3) is 0 Å². The highest BCUT2D eigenvalue weighted by Crippen LogP contribution is 2.42. The first kappa shape index (κ1) is 25.1. The van der Waals surface area contributed by atoms with Gasteiger partial charge in [0.05, 0.1) is 28.7 Å². The quantitative estimate of drug-likeness (QED) is 0.377. The van der Waals surface area contributed by atoms with E-state index in [1.54, 1.807) is 97.9 Å². The minimum atomic E-state index is -1.33. The predicted octanol–water partition coefficient (Wildman–Crippen LogP) is 3.65. The molecule has 0 radical (unpaired) electrons. The number of esters is 3. The van der Waals surface area contributed by atoms with Crippen LogP contribution in [0.1, 0.15) is 38.0 Å². The zero-order valence-electron chi connectivity index (χ0n) is 19.6. The molecule has 1 N–H and O–H groups in total. The van der Waals surface area contributed by atoms with Crippen molar-refractivity contribution in [2.75, 3.05) is 13.2 Å². The van der Waals surface area contributed by atoms with Gasteiger partial charge in [-0.3, -0.25) is 0 Å². The first-order valence-electron chi connectivity index (χ1n) is 11.4. The number of benzene rings is 3. The first-order chi connectivity index (χ1) is 17.4. The van der Waals surface area contributed by atoms with Crippen molar-refractivity contribution in [2.45, 2.75) is 25.4 Å². The third-order valence-corrected chi connectivity index (χ3v) is 6.02. The molecule has 1 fully saturated rings. The molecule has 4 rings (SSSR count). The van der Waals surface area contributed by atoms with E-state index >= 15 is 0 Å². The molecule has 1 unspecified atom stereocenters. The van der Waals surface area contributed by atoms with Gasteiger partial charge in [-0.25, -0.2) is 14.4 Å². The summed E-state index contributed by atoms with van der Waals surface area (Å²) in [5, 5.41) is 10.3. The molecule has 3 aromatic carbocycles. The Morgan fingerprint density at radius 2 is 1.19 bits per heavy atom. The topological polar surface area (TPSA) is 108 Å². The number of carbonyl (C=O) groups is 3. The van der Waals surface area contributed by atoms with Crippen LogP contribution < -0.4 is 0 Å². The highest BCUT2D eigenvalue weighted by atomic mass is 16.7. The van der Waals surface area contributed by atoms with Crippen molar-refractivity contribution >= 4 is 17.9 Å². The molecule has 1 saturated heterocycles. The molecule has 1 aliphatic rings. The smallest absolute Gasteiger partial charge is 0.340 e. The first-order valence-corrected chi connectivity index (χ1v) is 11.4.